The Kier molecular flexibility index (Phi) is 2.97. The molecule has 0 saturated heterocycles. The molecule has 0 aromatic heterocycles. The van der Waals surface area contributed by atoms with Gasteiger partial charge in [0.1, 0.15) is 0 Å². The van der Waals surface area contributed by atoms with E-state index in [0.29, 0.717) is 5.56 Å². The highest BCUT2D eigenvalue weighted by molar-refractivity contribution is 5.84. The van der Waals surface area contributed by atoms with Crippen molar-refractivity contribution in [2.45, 2.75) is 0 Å². The van der Waals surface area contributed by atoms with Gasteiger partial charge in [-0.2, -0.15) is 0 Å². The van der Waals surface area contributed by atoms with Gasteiger partial charge in [0.05, 0.1) is 0 Å². The van der Waals surface area contributed by atoms with E-state index < -0.39 is 0 Å². The van der Waals surface area contributed by atoms with Gasteiger partial charge in [-0.05, 0) is 22.8 Å². The third-order valence-electron chi connectivity index (χ3n) is 2.54. The van der Waals surface area contributed by atoms with Crippen LogP contribution in [0.1, 0.15) is 15.9 Å². The molecule has 0 fully saturated rings. The summed E-state index contributed by atoms with van der Waals surface area (Å²) in [5, 5.41) is 0. The van der Waals surface area contributed by atoms with Gasteiger partial charge < -0.3 is 0 Å². The average Bonchev–Trinajstić information content (AvgIpc) is 2.39. The van der Waals surface area contributed by atoms with Gasteiger partial charge in [0.15, 0.2) is 6.29 Å². The lowest BCUT2D eigenvalue weighted by Gasteiger charge is -2.04. The molecule has 2 rings (SSSR count). The lowest BCUT2D eigenvalue weighted by molar-refractivity contribution is 0.112. The zero-order valence-electron chi connectivity index (χ0n) is 8.89. The largest absolute Gasteiger partial charge is 0.298 e. The minimum atomic E-state index is 0.676. The molecule has 0 spiro atoms. The van der Waals surface area contributed by atoms with Gasteiger partial charge in [-0.25, -0.2) is 0 Å². The Labute approximate surface area is 95.1 Å². The monoisotopic (exact) mass is 208 g/mol. The molecule has 16 heavy (non-hydrogen) atoms. The van der Waals surface area contributed by atoms with Crippen molar-refractivity contribution in [3.05, 3.63) is 66.2 Å². The molecule has 0 saturated carbocycles. The zero-order chi connectivity index (χ0) is 11.4. The highest BCUT2D eigenvalue weighted by Crippen LogP contribution is 2.22. The number of hydrogen-bond donors (Lipinski definition) is 0. The molecule has 0 aliphatic rings. The van der Waals surface area contributed by atoms with Crippen LogP contribution in [0.5, 0.6) is 0 Å². The maximum atomic E-state index is 10.8. The van der Waals surface area contributed by atoms with Gasteiger partial charge in [0, 0.05) is 5.56 Å². The molecule has 2 aromatic carbocycles. The fourth-order valence-corrected chi connectivity index (χ4v) is 1.67. The van der Waals surface area contributed by atoms with Gasteiger partial charge in [-0.15, -0.1) is 0 Å². The van der Waals surface area contributed by atoms with Crippen molar-refractivity contribution in [2.24, 2.45) is 0 Å². The summed E-state index contributed by atoms with van der Waals surface area (Å²) in [5.41, 5.74) is 3.79. The number of rotatable bonds is 3. The standard InChI is InChI=1S/C15H12O/c1-2-12-10-14(8-9-15(12)11-16)13-6-4-3-5-7-13/h2-11H,1H2. The van der Waals surface area contributed by atoms with Gasteiger partial charge in [0.2, 0.25) is 0 Å². The summed E-state index contributed by atoms with van der Waals surface area (Å²) >= 11 is 0. The number of carbonyl (C=O) groups is 1. The third-order valence-corrected chi connectivity index (χ3v) is 2.54. The van der Waals surface area contributed by atoms with Crippen LogP contribution in [-0.4, -0.2) is 6.29 Å². The first-order chi connectivity index (χ1) is 7.85. The molecule has 2 aromatic rings. The molecular weight excluding hydrogens is 196 g/mol. The Morgan fingerprint density at radius 3 is 2.25 bits per heavy atom. The third kappa shape index (κ3) is 1.94. The lowest BCUT2D eigenvalue weighted by Crippen LogP contribution is -1.87. The molecule has 0 aliphatic heterocycles. The zero-order valence-corrected chi connectivity index (χ0v) is 8.89. The highest BCUT2D eigenvalue weighted by Gasteiger charge is 2.01. The first kappa shape index (κ1) is 10.4. The molecule has 1 nitrogen and oxygen atoms in total. The molecule has 0 amide bonds. The Morgan fingerprint density at radius 2 is 1.62 bits per heavy atom. The molecule has 1 heteroatoms. The van der Waals surface area contributed by atoms with Gasteiger partial charge in [-0.1, -0.05) is 55.1 Å². The van der Waals surface area contributed by atoms with Crippen LogP contribution in [0.25, 0.3) is 17.2 Å². The van der Waals surface area contributed by atoms with Crippen LogP contribution in [-0.2, 0) is 0 Å². The van der Waals surface area contributed by atoms with Gasteiger partial charge >= 0.3 is 0 Å². The Bertz CT molecular complexity index is 512. The lowest BCUT2D eigenvalue weighted by atomic mass is 10.00. The number of aldehydes is 1. The Balaban J connectivity index is 2.52. The summed E-state index contributed by atoms with van der Waals surface area (Å²) in [6.07, 6.45) is 2.56. The molecule has 0 unspecified atom stereocenters. The first-order valence-corrected chi connectivity index (χ1v) is 5.12. The Hall–Kier alpha value is -2.15. The highest BCUT2D eigenvalue weighted by atomic mass is 16.1. The summed E-state index contributed by atoms with van der Waals surface area (Å²) in [6.45, 7) is 3.72. The number of hydrogen-bond acceptors (Lipinski definition) is 1. The van der Waals surface area contributed by atoms with E-state index >= 15 is 0 Å². The van der Waals surface area contributed by atoms with Crippen molar-refractivity contribution in [1.29, 1.82) is 0 Å². The summed E-state index contributed by atoms with van der Waals surface area (Å²) in [4.78, 5) is 10.8. The van der Waals surface area contributed by atoms with Crippen LogP contribution in [0.4, 0.5) is 0 Å². The van der Waals surface area contributed by atoms with E-state index in [2.05, 4.69) is 6.58 Å². The summed E-state index contributed by atoms with van der Waals surface area (Å²) in [6, 6.07) is 15.8. The first-order valence-electron chi connectivity index (χ1n) is 5.12. The van der Waals surface area contributed by atoms with Crippen LogP contribution >= 0.6 is 0 Å². The van der Waals surface area contributed by atoms with Crippen molar-refractivity contribution in [3.8, 4) is 11.1 Å². The number of benzene rings is 2. The summed E-state index contributed by atoms with van der Waals surface area (Å²) in [7, 11) is 0. The molecule has 0 radical (unpaired) electrons. The van der Waals surface area contributed by atoms with E-state index in [1.807, 2.05) is 48.5 Å². The predicted molar refractivity (Wildman–Crippen MR) is 67.4 cm³/mol. The van der Waals surface area contributed by atoms with E-state index in [1.165, 1.54) is 0 Å². The van der Waals surface area contributed by atoms with Gasteiger partial charge in [-0.3, -0.25) is 4.79 Å². The van der Waals surface area contributed by atoms with Crippen LogP contribution in [0.3, 0.4) is 0 Å². The van der Waals surface area contributed by atoms with Crippen LogP contribution in [0, 0.1) is 0 Å². The van der Waals surface area contributed by atoms with Crippen LogP contribution < -0.4 is 0 Å². The van der Waals surface area contributed by atoms with E-state index in [0.717, 1.165) is 23.0 Å². The SMILES string of the molecule is C=Cc1cc(-c2ccccc2)ccc1C=O. The molecule has 0 N–H and O–H groups in total. The fourth-order valence-electron chi connectivity index (χ4n) is 1.67. The van der Waals surface area contributed by atoms with Crippen molar-refractivity contribution in [1.82, 2.24) is 0 Å². The molecular formula is C15H12O. The van der Waals surface area contributed by atoms with E-state index in [1.54, 1.807) is 6.08 Å². The van der Waals surface area contributed by atoms with Gasteiger partial charge in [0.25, 0.3) is 0 Å². The van der Waals surface area contributed by atoms with E-state index in [-0.39, 0.29) is 0 Å². The summed E-state index contributed by atoms with van der Waals surface area (Å²) < 4.78 is 0. The van der Waals surface area contributed by atoms with Crippen molar-refractivity contribution >= 4 is 12.4 Å². The molecule has 0 aliphatic carbocycles. The maximum absolute atomic E-state index is 10.8. The fraction of sp³-hybridized carbons (Fsp3) is 0. The van der Waals surface area contributed by atoms with E-state index in [9.17, 15) is 4.79 Å². The second-order valence-corrected chi connectivity index (χ2v) is 3.53. The van der Waals surface area contributed by atoms with Crippen LogP contribution in [0.15, 0.2) is 55.1 Å². The average molecular weight is 208 g/mol. The minimum absolute atomic E-state index is 0.676. The molecule has 0 bridgehead atoms. The molecule has 78 valence electrons. The van der Waals surface area contributed by atoms with Crippen molar-refractivity contribution in [2.75, 3.05) is 0 Å². The van der Waals surface area contributed by atoms with Crippen LogP contribution in [0.2, 0.25) is 0 Å². The maximum Gasteiger partial charge on any atom is 0.150 e. The second kappa shape index (κ2) is 4.58. The number of carbonyl (C=O) groups excluding carboxylic acids is 1. The topological polar surface area (TPSA) is 17.1 Å². The smallest absolute Gasteiger partial charge is 0.150 e. The minimum Gasteiger partial charge on any atom is -0.298 e. The second-order valence-electron chi connectivity index (χ2n) is 3.53. The summed E-state index contributed by atoms with van der Waals surface area (Å²) in [5.74, 6) is 0. The molecule has 0 heterocycles. The van der Waals surface area contributed by atoms with E-state index in [4.69, 9.17) is 0 Å². The normalized spacial score (nSPS) is 9.75. The van der Waals surface area contributed by atoms with Crippen molar-refractivity contribution in [3.63, 3.8) is 0 Å². The predicted octanol–water partition coefficient (Wildman–Crippen LogP) is 3.81. The molecule has 0 atom stereocenters. The Morgan fingerprint density at radius 1 is 0.875 bits per heavy atom. The van der Waals surface area contributed by atoms with Crippen molar-refractivity contribution < 1.29 is 4.79 Å². The quantitative estimate of drug-likeness (QED) is 0.701.